The van der Waals surface area contributed by atoms with Gasteiger partial charge in [-0.3, -0.25) is 4.90 Å². The molecule has 0 spiro atoms. The Hall–Kier alpha value is -1.95. The average Bonchev–Trinajstić information content (AvgIpc) is 3.23. The van der Waals surface area contributed by atoms with Gasteiger partial charge in [0, 0.05) is 24.6 Å². The number of piperidine rings is 1. The Bertz CT molecular complexity index is 763. The van der Waals surface area contributed by atoms with Gasteiger partial charge in [0.1, 0.15) is 5.76 Å². The van der Waals surface area contributed by atoms with Gasteiger partial charge in [0.25, 0.3) is 0 Å². The predicted molar refractivity (Wildman–Crippen MR) is 96.0 cm³/mol. The topological polar surface area (TPSA) is 64.3 Å². The zero-order valence-corrected chi connectivity index (χ0v) is 15.2. The second kappa shape index (κ2) is 6.99. The van der Waals surface area contributed by atoms with E-state index in [0.717, 1.165) is 69.1 Å². The monoisotopic (exact) mass is 354 g/mol. The Balaban J connectivity index is 1.08. The summed E-state index contributed by atoms with van der Waals surface area (Å²) in [6.07, 6.45) is 8.21. The lowest BCUT2D eigenvalue weighted by Gasteiger charge is -2.31. The third-order valence-electron chi connectivity index (χ3n) is 5.91. The predicted octanol–water partition coefficient (Wildman–Crippen LogP) is 3.12. The fraction of sp³-hybridized carbons (Fsp3) is 0.650. The average molecular weight is 354 g/mol. The van der Waals surface area contributed by atoms with E-state index in [1.54, 1.807) is 0 Å². The quantitative estimate of drug-likeness (QED) is 0.794. The molecular formula is C20H26N4O2. The highest BCUT2D eigenvalue weighted by molar-refractivity contribution is 5.27. The molecule has 0 atom stereocenters. The first-order chi connectivity index (χ1) is 12.8. The Morgan fingerprint density at radius 1 is 1.08 bits per heavy atom. The number of hydrogen-bond acceptors (Lipinski definition) is 6. The highest BCUT2D eigenvalue weighted by atomic mass is 16.5. The minimum atomic E-state index is 0.598. The molecule has 0 aromatic carbocycles. The first-order valence-electron chi connectivity index (χ1n) is 9.99. The lowest BCUT2D eigenvalue weighted by atomic mass is 9.98. The Morgan fingerprint density at radius 3 is 2.81 bits per heavy atom. The third-order valence-corrected chi connectivity index (χ3v) is 5.91. The summed E-state index contributed by atoms with van der Waals surface area (Å²) in [4.78, 5) is 2.47. The van der Waals surface area contributed by atoms with Gasteiger partial charge in [0.05, 0.1) is 18.0 Å². The molecule has 0 N–H and O–H groups in total. The van der Waals surface area contributed by atoms with Crippen molar-refractivity contribution in [3.8, 4) is 5.88 Å². The minimum Gasteiger partial charge on any atom is -0.476 e. The van der Waals surface area contributed by atoms with E-state index >= 15 is 0 Å². The number of rotatable bonds is 6. The van der Waals surface area contributed by atoms with Crippen molar-refractivity contribution >= 4 is 0 Å². The van der Waals surface area contributed by atoms with Gasteiger partial charge in [0.15, 0.2) is 0 Å². The van der Waals surface area contributed by atoms with Gasteiger partial charge in [-0.15, -0.1) is 5.10 Å². The summed E-state index contributed by atoms with van der Waals surface area (Å²) < 4.78 is 11.4. The standard InChI is InChI=1S/C20H26N4O2/c1-2-16-10-20(22-21-18(16)3-1)25-13-14-6-8-24(9-7-14)12-17-11-19(26-23-17)15-4-5-15/h10-11,14-15H,1-9,12-13H2. The highest BCUT2D eigenvalue weighted by Gasteiger charge is 2.28. The van der Waals surface area contributed by atoms with Crippen LogP contribution in [0.5, 0.6) is 5.88 Å². The molecule has 1 aliphatic heterocycles. The van der Waals surface area contributed by atoms with Crippen molar-refractivity contribution in [3.05, 3.63) is 34.8 Å². The molecule has 0 unspecified atom stereocenters. The smallest absolute Gasteiger partial charge is 0.233 e. The van der Waals surface area contributed by atoms with Crippen LogP contribution < -0.4 is 4.74 Å². The molecule has 1 saturated heterocycles. The first-order valence-corrected chi connectivity index (χ1v) is 9.99. The molecule has 0 bridgehead atoms. The van der Waals surface area contributed by atoms with E-state index < -0.39 is 0 Å². The van der Waals surface area contributed by atoms with Crippen LogP contribution in [0.1, 0.15) is 60.7 Å². The Labute approximate surface area is 153 Å². The largest absolute Gasteiger partial charge is 0.476 e. The molecule has 3 aliphatic rings. The van der Waals surface area contributed by atoms with Gasteiger partial charge in [-0.05, 0) is 69.5 Å². The van der Waals surface area contributed by atoms with E-state index in [4.69, 9.17) is 9.26 Å². The van der Waals surface area contributed by atoms with E-state index in [9.17, 15) is 0 Å². The number of hydrogen-bond donors (Lipinski definition) is 0. The summed E-state index contributed by atoms with van der Waals surface area (Å²) in [6, 6.07) is 4.24. The van der Waals surface area contributed by atoms with Crippen LogP contribution in [0.2, 0.25) is 0 Å². The van der Waals surface area contributed by atoms with Crippen molar-refractivity contribution in [1.82, 2.24) is 20.3 Å². The van der Waals surface area contributed by atoms with E-state index in [1.165, 1.54) is 24.8 Å². The van der Waals surface area contributed by atoms with Crippen molar-refractivity contribution in [3.63, 3.8) is 0 Å². The molecule has 2 aromatic rings. The fourth-order valence-electron chi connectivity index (χ4n) is 4.09. The molecule has 2 aromatic heterocycles. The molecule has 2 aliphatic carbocycles. The van der Waals surface area contributed by atoms with E-state index in [2.05, 4.69) is 32.4 Å². The van der Waals surface area contributed by atoms with Crippen LogP contribution in [-0.2, 0) is 19.4 Å². The second-order valence-electron chi connectivity index (χ2n) is 8.03. The van der Waals surface area contributed by atoms with Gasteiger partial charge in [-0.25, -0.2) is 0 Å². The van der Waals surface area contributed by atoms with Gasteiger partial charge >= 0.3 is 0 Å². The van der Waals surface area contributed by atoms with Crippen LogP contribution in [-0.4, -0.2) is 40.0 Å². The second-order valence-corrected chi connectivity index (χ2v) is 8.03. The first kappa shape index (κ1) is 16.2. The summed E-state index contributed by atoms with van der Waals surface area (Å²) in [6.45, 7) is 3.84. The maximum absolute atomic E-state index is 5.94. The summed E-state index contributed by atoms with van der Waals surface area (Å²) in [7, 11) is 0. The number of fused-ring (bicyclic) bond motifs is 1. The van der Waals surface area contributed by atoms with Crippen LogP contribution >= 0.6 is 0 Å². The zero-order chi connectivity index (χ0) is 17.3. The van der Waals surface area contributed by atoms with Gasteiger partial charge in [-0.2, -0.15) is 5.10 Å². The van der Waals surface area contributed by atoms with Crippen molar-refractivity contribution in [1.29, 1.82) is 0 Å². The molecule has 3 heterocycles. The molecule has 6 nitrogen and oxygen atoms in total. The normalized spacial score (nSPS) is 21.1. The van der Waals surface area contributed by atoms with Crippen molar-refractivity contribution in [2.75, 3.05) is 19.7 Å². The molecule has 6 heteroatoms. The summed E-state index contributed by atoms with van der Waals surface area (Å²) in [5.74, 6) is 3.02. The SMILES string of the molecule is c1c(CN2CCC(COc3cc4c(nn3)CCC4)CC2)noc1C1CC1. The molecule has 2 fully saturated rings. The zero-order valence-electron chi connectivity index (χ0n) is 15.2. The van der Waals surface area contributed by atoms with Gasteiger partial charge in [-0.1, -0.05) is 5.16 Å². The summed E-state index contributed by atoms with van der Waals surface area (Å²) in [5.41, 5.74) is 3.56. The summed E-state index contributed by atoms with van der Waals surface area (Å²) >= 11 is 0. The van der Waals surface area contributed by atoms with E-state index in [0.29, 0.717) is 17.7 Å². The van der Waals surface area contributed by atoms with Gasteiger partial charge in [0.2, 0.25) is 5.88 Å². The van der Waals surface area contributed by atoms with Crippen LogP contribution in [0, 0.1) is 5.92 Å². The Kier molecular flexibility index (Phi) is 4.36. The maximum Gasteiger partial charge on any atom is 0.233 e. The lowest BCUT2D eigenvalue weighted by Crippen LogP contribution is -2.35. The molecule has 5 rings (SSSR count). The number of nitrogens with zero attached hydrogens (tertiary/aromatic N) is 4. The van der Waals surface area contributed by atoms with Crippen LogP contribution in [0.4, 0.5) is 0 Å². The van der Waals surface area contributed by atoms with Crippen LogP contribution in [0.3, 0.4) is 0 Å². The molecule has 138 valence electrons. The fourth-order valence-corrected chi connectivity index (χ4v) is 4.09. The molecule has 26 heavy (non-hydrogen) atoms. The third kappa shape index (κ3) is 3.61. The van der Waals surface area contributed by atoms with Crippen LogP contribution in [0.25, 0.3) is 0 Å². The van der Waals surface area contributed by atoms with Crippen LogP contribution in [0.15, 0.2) is 16.7 Å². The maximum atomic E-state index is 5.94. The summed E-state index contributed by atoms with van der Waals surface area (Å²) in [5, 5.41) is 12.8. The Morgan fingerprint density at radius 2 is 1.96 bits per heavy atom. The lowest BCUT2D eigenvalue weighted by molar-refractivity contribution is 0.132. The minimum absolute atomic E-state index is 0.598. The van der Waals surface area contributed by atoms with E-state index in [1.807, 2.05) is 0 Å². The highest BCUT2D eigenvalue weighted by Crippen LogP contribution is 2.40. The molecule has 0 radical (unpaired) electrons. The van der Waals surface area contributed by atoms with Crippen molar-refractivity contribution in [2.45, 2.75) is 57.4 Å². The molecule has 1 saturated carbocycles. The van der Waals surface area contributed by atoms with Crippen molar-refractivity contribution < 1.29 is 9.26 Å². The van der Waals surface area contributed by atoms with Crippen molar-refractivity contribution in [2.24, 2.45) is 5.92 Å². The molecule has 0 amide bonds. The number of aryl methyl sites for hydroxylation is 2. The number of aromatic nitrogens is 3. The number of ether oxygens (including phenoxy) is 1. The van der Waals surface area contributed by atoms with Gasteiger partial charge < -0.3 is 9.26 Å². The number of likely N-dealkylation sites (tertiary alicyclic amines) is 1. The molecular weight excluding hydrogens is 328 g/mol. The van der Waals surface area contributed by atoms with E-state index in [-0.39, 0.29) is 0 Å².